The van der Waals surface area contributed by atoms with Crippen LogP contribution in [0.3, 0.4) is 0 Å². The van der Waals surface area contributed by atoms with E-state index in [1.54, 1.807) is 12.1 Å². The monoisotopic (exact) mass is 198 g/mol. The lowest BCUT2D eigenvalue weighted by molar-refractivity contribution is -0.114. The number of carbonyl (C=O) groups is 1. The Morgan fingerprint density at radius 3 is 2.69 bits per heavy atom. The molecule has 1 rings (SSSR count). The van der Waals surface area contributed by atoms with Crippen molar-refractivity contribution in [3.8, 4) is 0 Å². The van der Waals surface area contributed by atoms with Gasteiger partial charge in [0.1, 0.15) is 0 Å². The van der Waals surface area contributed by atoms with E-state index in [0.717, 1.165) is 5.56 Å². The summed E-state index contributed by atoms with van der Waals surface area (Å²) in [6, 6.07) is 3.38. The lowest BCUT2D eigenvalue weighted by Gasteiger charge is -2.08. The first-order valence-corrected chi connectivity index (χ1v) is 4.21. The van der Waals surface area contributed by atoms with Gasteiger partial charge in [-0.1, -0.05) is 11.6 Å². The molecule has 0 fully saturated rings. The third-order valence-corrected chi connectivity index (χ3v) is 2.05. The number of rotatable bonds is 1. The summed E-state index contributed by atoms with van der Waals surface area (Å²) in [6.07, 6.45) is 0. The molecule has 0 radical (unpaired) electrons. The first-order valence-electron chi connectivity index (χ1n) is 3.84. The van der Waals surface area contributed by atoms with Crippen molar-refractivity contribution in [3.63, 3.8) is 0 Å². The number of hydrogen-bond acceptors (Lipinski definition) is 2. The van der Waals surface area contributed by atoms with Crippen molar-refractivity contribution in [1.29, 1.82) is 0 Å². The Bertz CT molecular complexity index is 350. The fraction of sp³-hybridized carbons (Fsp3) is 0.222. The van der Waals surface area contributed by atoms with Crippen LogP contribution in [0.5, 0.6) is 0 Å². The molecule has 1 aromatic carbocycles. The second-order valence-electron chi connectivity index (χ2n) is 2.87. The number of halogens is 1. The molecule has 0 bridgehead atoms. The van der Waals surface area contributed by atoms with Crippen LogP contribution in [0.4, 0.5) is 11.4 Å². The van der Waals surface area contributed by atoms with E-state index in [9.17, 15) is 4.79 Å². The molecule has 0 aliphatic heterocycles. The van der Waals surface area contributed by atoms with E-state index in [4.69, 9.17) is 17.3 Å². The van der Waals surface area contributed by atoms with Crippen LogP contribution in [0.2, 0.25) is 5.02 Å². The molecule has 0 spiro atoms. The zero-order chi connectivity index (χ0) is 10.0. The average Bonchev–Trinajstić information content (AvgIpc) is 1.99. The highest BCUT2D eigenvalue weighted by atomic mass is 35.5. The molecule has 0 aromatic heterocycles. The van der Waals surface area contributed by atoms with Crippen molar-refractivity contribution in [2.45, 2.75) is 13.8 Å². The van der Waals surface area contributed by atoms with Gasteiger partial charge >= 0.3 is 0 Å². The predicted octanol–water partition coefficient (Wildman–Crippen LogP) is 2.19. The van der Waals surface area contributed by atoms with Gasteiger partial charge in [-0.15, -0.1) is 0 Å². The molecular formula is C9H11ClN2O. The molecule has 13 heavy (non-hydrogen) atoms. The maximum atomic E-state index is 10.8. The molecule has 3 N–H and O–H groups in total. The topological polar surface area (TPSA) is 55.1 Å². The van der Waals surface area contributed by atoms with Gasteiger partial charge in [0, 0.05) is 11.9 Å². The molecule has 0 atom stereocenters. The minimum absolute atomic E-state index is 0.161. The van der Waals surface area contributed by atoms with E-state index in [-0.39, 0.29) is 5.91 Å². The first kappa shape index (κ1) is 9.86. The number of nitrogen functional groups attached to an aromatic ring is 1. The van der Waals surface area contributed by atoms with Gasteiger partial charge in [-0.2, -0.15) is 0 Å². The number of nitrogens with one attached hydrogen (secondary N) is 1. The summed E-state index contributed by atoms with van der Waals surface area (Å²) in [7, 11) is 0. The Labute approximate surface area is 81.9 Å². The normalized spacial score (nSPS) is 9.77. The minimum Gasteiger partial charge on any atom is -0.397 e. The molecule has 1 amide bonds. The Hall–Kier alpha value is -1.22. The summed E-state index contributed by atoms with van der Waals surface area (Å²) in [6.45, 7) is 3.28. The van der Waals surface area contributed by atoms with Crippen molar-refractivity contribution in [1.82, 2.24) is 0 Å². The molecule has 4 heteroatoms. The van der Waals surface area contributed by atoms with Crippen molar-refractivity contribution < 1.29 is 4.79 Å². The number of carbonyl (C=O) groups excluding carboxylic acids is 1. The van der Waals surface area contributed by atoms with Crippen LogP contribution in [0.15, 0.2) is 12.1 Å². The molecule has 0 heterocycles. The summed E-state index contributed by atoms with van der Waals surface area (Å²) in [5.74, 6) is -0.161. The van der Waals surface area contributed by atoms with Crippen LogP contribution in [0.25, 0.3) is 0 Å². The van der Waals surface area contributed by atoms with Crippen LogP contribution in [-0.4, -0.2) is 5.91 Å². The van der Waals surface area contributed by atoms with Crippen molar-refractivity contribution in [2.24, 2.45) is 0 Å². The van der Waals surface area contributed by atoms with E-state index in [1.807, 2.05) is 6.92 Å². The molecule has 0 unspecified atom stereocenters. The standard InChI is InChI=1S/C9H11ClN2O/c1-5-3-8(11)9(4-7(5)10)12-6(2)13/h3-4H,11H2,1-2H3,(H,12,13). The van der Waals surface area contributed by atoms with E-state index < -0.39 is 0 Å². The number of nitrogens with two attached hydrogens (primary N) is 1. The zero-order valence-corrected chi connectivity index (χ0v) is 8.27. The molecule has 1 aromatic rings. The van der Waals surface area contributed by atoms with E-state index in [1.165, 1.54) is 6.92 Å². The van der Waals surface area contributed by atoms with Gasteiger partial charge in [0.05, 0.1) is 11.4 Å². The second kappa shape index (κ2) is 3.66. The van der Waals surface area contributed by atoms with Crippen LogP contribution in [0, 0.1) is 6.92 Å². The Morgan fingerprint density at radius 2 is 2.15 bits per heavy atom. The predicted molar refractivity (Wildman–Crippen MR) is 54.9 cm³/mol. The fourth-order valence-corrected chi connectivity index (χ4v) is 1.17. The number of benzene rings is 1. The summed E-state index contributed by atoms with van der Waals surface area (Å²) in [5, 5.41) is 3.19. The van der Waals surface area contributed by atoms with Gasteiger partial charge in [-0.3, -0.25) is 4.79 Å². The highest BCUT2D eigenvalue weighted by Gasteiger charge is 2.04. The summed E-state index contributed by atoms with van der Waals surface area (Å²) in [5.41, 5.74) is 7.65. The molecule has 0 saturated carbocycles. The SMILES string of the molecule is CC(=O)Nc1cc(Cl)c(C)cc1N. The van der Waals surface area contributed by atoms with Gasteiger partial charge in [-0.25, -0.2) is 0 Å². The summed E-state index contributed by atoms with van der Waals surface area (Å²) >= 11 is 5.86. The molecule has 3 nitrogen and oxygen atoms in total. The molecular weight excluding hydrogens is 188 g/mol. The van der Waals surface area contributed by atoms with Gasteiger partial charge in [-0.05, 0) is 24.6 Å². The second-order valence-corrected chi connectivity index (χ2v) is 3.28. The highest BCUT2D eigenvalue weighted by molar-refractivity contribution is 6.31. The quantitative estimate of drug-likeness (QED) is 0.680. The Kier molecular flexibility index (Phi) is 2.78. The largest absolute Gasteiger partial charge is 0.397 e. The van der Waals surface area contributed by atoms with E-state index in [2.05, 4.69) is 5.32 Å². The summed E-state index contributed by atoms with van der Waals surface area (Å²) in [4.78, 5) is 10.8. The Balaban J connectivity index is 3.08. The third-order valence-electron chi connectivity index (χ3n) is 1.64. The number of amides is 1. The molecule has 0 aliphatic rings. The smallest absolute Gasteiger partial charge is 0.221 e. The van der Waals surface area contributed by atoms with E-state index >= 15 is 0 Å². The fourth-order valence-electron chi connectivity index (χ4n) is 1.00. The maximum absolute atomic E-state index is 10.8. The lowest BCUT2D eigenvalue weighted by atomic mass is 10.2. The van der Waals surface area contributed by atoms with Crippen molar-refractivity contribution in [2.75, 3.05) is 11.1 Å². The van der Waals surface area contributed by atoms with Crippen LogP contribution in [0.1, 0.15) is 12.5 Å². The van der Waals surface area contributed by atoms with Crippen molar-refractivity contribution in [3.05, 3.63) is 22.7 Å². The lowest BCUT2D eigenvalue weighted by Crippen LogP contribution is -2.08. The molecule has 0 aliphatic carbocycles. The highest BCUT2D eigenvalue weighted by Crippen LogP contribution is 2.26. The average molecular weight is 199 g/mol. The van der Waals surface area contributed by atoms with Crippen molar-refractivity contribution >= 4 is 28.9 Å². The van der Waals surface area contributed by atoms with Gasteiger partial charge < -0.3 is 11.1 Å². The number of anilines is 2. The van der Waals surface area contributed by atoms with Crippen LogP contribution in [-0.2, 0) is 4.79 Å². The number of aryl methyl sites for hydroxylation is 1. The zero-order valence-electron chi connectivity index (χ0n) is 7.52. The molecule has 70 valence electrons. The number of hydrogen-bond donors (Lipinski definition) is 2. The summed E-state index contributed by atoms with van der Waals surface area (Å²) < 4.78 is 0. The van der Waals surface area contributed by atoms with Crippen LogP contribution < -0.4 is 11.1 Å². The minimum atomic E-state index is -0.161. The van der Waals surface area contributed by atoms with Gasteiger partial charge in [0.15, 0.2) is 0 Å². The maximum Gasteiger partial charge on any atom is 0.221 e. The van der Waals surface area contributed by atoms with Gasteiger partial charge in [0.2, 0.25) is 5.91 Å². The van der Waals surface area contributed by atoms with Crippen LogP contribution >= 0.6 is 11.6 Å². The third kappa shape index (κ3) is 2.36. The van der Waals surface area contributed by atoms with Gasteiger partial charge in [0.25, 0.3) is 0 Å². The first-order chi connectivity index (χ1) is 6.00. The Morgan fingerprint density at radius 1 is 1.54 bits per heavy atom. The van der Waals surface area contributed by atoms with E-state index in [0.29, 0.717) is 16.4 Å². The molecule has 0 saturated heterocycles.